The smallest absolute Gasteiger partial charge is 0.272 e. The van der Waals surface area contributed by atoms with Crippen LogP contribution in [-0.4, -0.2) is 58.0 Å². The van der Waals surface area contributed by atoms with E-state index in [9.17, 15) is 13.6 Å². The number of hydrogen-bond donors (Lipinski definition) is 1. The number of aromatic nitrogens is 2. The molecule has 1 saturated heterocycles. The molecule has 1 amide bonds. The second kappa shape index (κ2) is 7.63. The summed E-state index contributed by atoms with van der Waals surface area (Å²) in [7, 11) is 0. The van der Waals surface area contributed by atoms with Gasteiger partial charge in [-0.15, -0.1) is 0 Å². The van der Waals surface area contributed by atoms with Crippen molar-refractivity contribution in [1.82, 2.24) is 20.0 Å². The summed E-state index contributed by atoms with van der Waals surface area (Å²) < 4.78 is 35.3. The van der Waals surface area contributed by atoms with E-state index in [0.717, 1.165) is 43.3 Å². The van der Waals surface area contributed by atoms with Crippen LogP contribution in [0.15, 0.2) is 18.2 Å². The molecule has 1 aromatic heterocycles. The van der Waals surface area contributed by atoms with Gasteiger partial charge in [0.2, 0.25) is 0 Å². The second-order valence-electron chi connectivity index (χ2n) is 10.2. The van der Waals surface area contributed by atoms with Gasteiger partial charge in [0.15, 0.2) is 11.5 Å². The molecule has 5 rings (SSSR count). The van der Waals surface area contributed by atoms with Gasteiger partial charge in [-0.25, -0.2) is 13.5 Å². The fraction of sp³-hybridized carbons (Fsp3) is 0.583. The zero-order chi connectivity index (χ0) is 22.8. The average molecular weight is 445 g/mol. The number of morpholine rings is 1. The lowest BCUT2D eigenvalue weighted by Gasteiger charge is -2.45. The van der Waals surface area contributed by atoms with Crippen molar-refractivity contribution in [3.05, 3.63) is 46.8 Å². The first kappa shape index (κ1) is 21.5. The van der Waals surface area contributed by atoms with E-state index in [1.165, 1.54) is 16.8 Å². The number of carbonyl (C=O) groups is 1. The van der Waals surface area contributed by atoms with Gasteiger partial charge in [0, 0.05) is 42.7 Å². The minimum Gasteiger partial charge on any atom is -0.373 e. The molecule has 8 heteroatoms. The number of halogens is 2. The van der Waals surface area contributed by atoms with Crippen molar-refractivity contribution in [2.24, 2.45) is 5.92 Å². The van der Waals surface area contributed by atoms with Crippen molar-refractivity contribution < 1.29 is 18.3 Å². The van der Waals surface area contributed by atoms with Crippen LogP contribution in [0.4, 0.5) is 8.78 Å². The number of benzene rings is 1. The van der Waals surface area contributed by atoms with Gasteiger partial charge >= 0.3 is 0 Å². The van der Waals surface area contributed by atoms with Crippen LogP contribution in [0.1, 0.15) is 61.8 Å². The largest absolute Gasteiger partial charge is 0.373 e. The number of carbonyl (C=O) groups excluding carboxylic acids is 1. The van der Waals surface area contributed by atoms with Crippen molar-refractivity contribution in [1.29, 1.82) is 0 Å². The third-order valence-electron chi connectivity index (χ3n) is 7.07. The standard InChI is InChI=1S/C24H30F2N4O2/c1-13-10-29(11-14(2)32-13)24(3,4)12-27-23(31)21-18-8-15-7-17(15)22(18)30(28-21)20-6-5-16(25)9-19(20)26/h5-6,9,13-15,17H,7-8,10-12H2,1-4H3,(H,27,31)/t13?,14?,15-,17-/m1/s1. The Bertz CT molecular complexity index is 1060. The first-order valence-corrected chi connectivity index (χ1v) is 11.4. The lowest BCUT2D eigenvalue weighted by molar-refractivity contribution is -0.0948. The summed E-state index contributed by atoms with van der Waals surface area (Å²) in [6, 6.07) is 3.47. The van der Waals surface area contributed by atoms with Gasteiger partial charge in [0.1, 0.15) is 11.5 Å². The first-order valence-electron chi connectivity index (χ1n) is 11.4. The zero-order valence-electron chi connectivity index (χ0n) is 19.0. The van der Waals surface area contributed by atoms with E-state index in [-0.39, 0.29) is 29.3 Å². The molecule has 3 aliphatic rings. The lowest BCUT2D eigenvalue weighted by Crippen LogP contribution is -2.58. The first-order chi connectivity index (χ1) is 15.1. The van der Waals surface area contributed by atoms with Crippen LogP contribution < -0.4 is 5.32 Å². The van der Waals surface area contributed by atoms with Gasteiger partial charge in [-0.05, 0) is 58.6 Å². The van der Waals surface area contributed by atoms with Gasteiger partial charge < -0.3 is 10.1 Å². The number of fused-ring (bicyclic) bond motifs is 3. The molecule has 0 spiro atoms. The highest BCUT2D eigenvalue weighted by Crippen LogP contribution is 2.57. The molecule has 1 saturated carbocycles. The Morgan fingerprint density at radius 3 is 2.66 bits per heavy atom. The van der Waals surface area contributed by atoms with Crippen molar-refractivity contribution in [2.45, 2.75) is 64.2 Å². The molecule has 2 aromatic rings. The van der Waals surface area contributed by atoms with Crippen LogP contribution in [0, 0.1) is 17.6 Å². The SMILES string of the molecule is CC1CN(C(C)(C)CNC(=O)c2nn(-c3ccc(F)cc3F)c3c2C[C@H]2C[C@@H]32)CC(C)O1. The fourth-order valence-corrected chi connectivity index (χ4v) is 5.30. The van der Waals surface area contributed by atoms with E-state index in [0.29, 0.717) is 24.1 Å². The molecule has 172 valence electrons. The monoisotopic (exact) mass is 444 g/mol. The minimum absolute atomic E-state index is 0.144. The molecule has 0 radical (unpaired) electrons. The van der Waals surface area contributed by atoms with E-state index in [1.54, 1.807) is 0 Å². The molecule has 2 aliphatic carbocycles. The Hall–Kier alpha value is -2.32. The van der Waals surface area contributed by atoms with Crippen LogP contribution in [0.25, 0.3) is 5.69 Å². The third-order valence-corrected chi connectivity index (χ3v) is 7.07. The highest BCUT2D eigenvalue weighted by Gasteiger charge is 2.50. The highest BCUT2D eigenvalue weighted by atomic mass is 19.1. The molecule has 2 fully saturated rings. The molecular formula is C24H30F2N4O2. The number of nitrogens with one attached hydrogen (secondary N) is 1. The van der Waals surface area contributed by atoms with Gasteiger partial charge in [-0.3, -0.25) is 9.69 Å². The van der Waals surface area contributed by atoms with Crippen molar-refractivity contribution >= 4 is 5.91 Å². The van der Waals surface area contributed by atoms with Gasteiger partial charge in [0.25, 0.3) is 5.91 Å². The van der Waals surface area contributed by atoms with E-state index < -0.39 is 11.6 Å². The Labute approximate surface area is 186 Å². The molecule has 6 nitrogen and oxygen atoms in total. The summed E-state index contributed by atoms with van der Waals surface area (Å²) in [5, 5.41) is 7.58. The Morgan fingerprint density at radius 1 is 1.25 bits per heavy atom. The summed E-state index contributed by atoms with van der Waals surface area (Å²) >= 11 is 0. The highest BCUT2D eigenvalue weighted by molar-refractivity contribution is 5.94. The molecule has 32 heavy (non-hydrogen) atoms. The van der Waals surface area contributed by atoms with Crippen molar-refractivity contribution in [3.63, 3.8) is 0 Å². The van der Waals surface area contributed by atoms with Crippen LogP contribution in [0.3, 0.4) is 0 Å². The Kier molecular flexibility index (Phi) is 5.13. The molecule has 4 atom stereocenters. The fourth-order valence-electron chi connectivity index (χ4n) is 5.30. The summed E-state index contributed by atoms with van der Waals surface area (Å²) in [6.45, 7) is 10.4. The number of amides is 1. The van der Waals surface area contributed by atoms with Crippen LogP contribution in [0.2, 0.25) is 0 Å². The van der Waals surface area contributed by atoms with Crippen LogP contribution >= 0.6 is 0 Å². The number of rotatable bonds is 5. The summed E-state index contributed by atoms with van der Waals surface area (Å²) in [4.78, 5) is 15.5. The molecule has 1 aromatic carbocycles. The predicted octanol–water partition coefficient (Wildman–Crippen LogP) is 3.43. The maximum absolute atomic E-state index is 14.5. The normalized spacial score (nSPS) is 27.2. The van der Waals surface area contributed by atoms with Gasteiger partial charge in [0.05, 0.1) is 17.9 Å². The Balaban J connectivity index is 1.37. The number of ether oxygens (including phenoxy) is 1. The van der Waals surface area contributed by atoms with Crippen LogP contribution in [0.5, 0.6) is 0 Å². The quantitative estimate of drug-likeness (QED) is 0.768. The maximum atomic E-state index is 14.5. The van der Waals surface area contributed by atoms with Crippen molar-refractivity contribution in [2.75, 3.05) is 19.6 Å². The van der Waals surface area contributed by atoms with Crippen molar-refractivity contribution in [3.8, 4) is 5.69 Å². The molecule has 1 aliphatic heterocycles. The topological polar surface area (TPSA) is 59.4 Å². The van der Waals surface area contributed by atoms with E-state index in [4.69, 9.17) is 4.74 Å². The van der Waals surface area contributed by atoms with E-state index in [1.807, 2.05) is 0 Å². The second-order valence-corrected chi connectivity index (χ2v) is 10.2. The zero-order valence-corrected chi connectivity index (χ0v) is 19.0. The van der Waals surface area contributed by atoms with Gasteiger partial charge in [-0.1, -0.05) is 0 Å². The van der Waals surface area contributed by atoms with E-state index in [2.05, 4.69) is 43.0 Å². The Morgan fingerprint density at radius 2 is 1.97 bits per heavy atom. The van der Waals surface area contributed by atoms with Gasteiger partial charge in [-0.2, -0.15) is 5.10 Å². The minimum atomic E-state index is -0.678. The lowest BCUT2D eigenvalue weighted by atomic mass is 10.00. The molecule has 0 bridgehead atoms. The predicted molar refractivity (Wildman–Crippen MR) is 116 cm³/mol. The summed E-state index contributed by atoms with van der Waals surface area (Å²) in [5.41, 5.74) is 2.10. The number of hydrogen-bond acceptors (Lipinski definition) is 4. The third kappa shape index (κ3) is 3.73. The van der Waals surface area contributed by atoms with E-state index >= 15 is 0 Å². The van der Waals surface area contributed by atoms with Crippen LogP contribution in [-0.2, 0) is 11.2 Å². The average Bonchev–Trinajstić information content (AvgIpc) is 3.22. The maximum Gasteiger partial charge on any atom is 0.272 e. The summed E-state index contributed by atoms with van der Waals surface area (Å²) in [5.74, 6) is -0.756. The molecule has 1 N–H and O–H groups in total. The molecule has 2 unspecified atom stereocenters. The summed E-state index contributed by atoms with van der Waals surface area (Å²) in [6.07, 6.45) is 2.10. The number of nitrogens with zero attached hydrogens (tertiary/aromatic N) is 3. The molecule has 2 heterocycles. The molecular weight excluding hydrogens is 414 g/mol.